The Labute approximate surface area is 242 Å². The summed E-state index contributed by atoms with van der Waals surface area (Å²) in [6.07, 6.45) is -21.3. The topological polar surface area (TPSA) is 66.9 Å². The number of anilines is 2. The maximum atomic E-state index is 14.7. The van der Waals surface area contributed by atoms with E-state index >= 15 is 0 Å². The van der Waals surface area contributed by atoms with Crippen molar-refractivity contribution in [2.24, 2.45) is 0 Å². The van der Waals surface area contributed by atoms with Gasteiger partial charge in [0, 0.05) is 11.3 Å². The van der Waals surface area contributed by atoms with Crippen LogP contribution < -0.4 is 9.80 Å². The molecule has 0 aromatic heterocycles. The third-order valence-corrected chi connectivity index (χ3v) is 6.89. The normalized spacial score (nSPS) is 16.2. The van der Waals surface area contributed by atoms with Gasteiger partial charge in [0.2, 0.25) is 0 Å². The zero-order chi connectivity index (χ0) is 33.4. The van der Waals surface area contributed by atoms with Crippen LogP contribution in [0.15, 0.2) is 48.5 Å². The molecule has 18 heteroatoms. The summed E-state index contributed by atoms with van der Waals surface area (Å²) < 4.78 is 171. The van der Waals surface area contributed by atoms with Crippen LogP contribution in [-0.4, -0.2) is 24.5 Å². The summed E-state index contributed by atoms with van der Waals surface area (Å²) >= 11 is 0. The molecule has 238 valence electrons. The van der Waals surface area contributed by atoms with Crippen LogP contribution in [0.2, 0.25) is 0 Å². The number of fused-ring (bicyclic) bond motifs is 2. The van der Waals surface area contributed by atoms with Gasteiger partial charge in [0.15, 0.2) is 0 Å². The number of hydrogen-bond donors (Lipinski definition) is 0. The lowest BCUT2D eigenvalue weighted by atomic mass is 9.86. The Hall–Kier alpha value is -4.61. The molecule has 0 bridgehead atoms. The first-order valence-corrected chi connectivity index (χ1v) is 12.1. The SMILES string of the molecule is O=C1c2c(c(C(F)(F)F)c3c(c2C(F)(F)F)C(=O)N(c2ccc(C(F)(F)F)cc2)C3=O)COCN1c1ccc(C(F)(F)F)cc1. The lowest BCUT2D eigenvalue weighted by Gasteiger charge is -2.24. The van der Waals surface area contributed by atoms with Crippen LogP contribution in [0.4, 0.5) is 64.1 Å². The molecule has 2 aliphatic heterocycles. The van der Waals surface area contributed by atoms with Crippen molar-refractivity contribution in [3.8, 4) is 0 Å². The van der Waals surface area contributed by atoms with Crippen molar-refractivity contribution in [3.05, 3.63) is 93.0 Å². The third-order valence-electron chi connectivity index (χ3n) is 6.89. The Balaban J connectivity index is 1.76. The van der Waals surface area contributed by atoms with Crippen molar-refractivity contribution >= 4 is 29.1 Å². The number of nitrogens with zero attached hydrogens (tertiary/aromatic N) is 2. The number of imide groups is 1. The molecule has 3 aromatic rings. The highest BCUT2D eigenvalue weighted by Crippen LogP contribution is 2.49. The molecule has 45 heavy (non-hydrogen) atoms. The summed E-state index contributed by atoms with van der Waals surface area (Å²) in [6, 6.07) is 3.85. The molecule has 0 atom stereocenters. The summed E-state index contributed by atoms with van der Waals surface area (Å²) in [5, 5.41) is 0. The lowest BCUT2D eigenvalue weighted by Crippen LogP contribution is -2.34. The van der Waals surface area contributed by atoms with Gasteiger partial charge in [0.25, 0.3) is 17.7 Å². The summed E-state index contributed by atoms with van der Waals surface area (Å²) in [5.41, 5.74) is -15.2. The van der Waals surface area contributed by atoms with Gasteiger partial charge in [-0.05, 0) is 48.5 Å². The second-order valence-corrected chi connectivity index (χ2v) is 9.59. The number of rotatable bonds is 2. The molecule has 6 nitrogen and oxygen atoms in total. The molecule has 2 heterocycles. The van der Waals surface area contributed by atoms with Crippen LogP contribution >= 0.6 is 0 Å². The van der Waals surface area contributed by atoms with E-state index in [2.05, 4.69) is 0 Å². The van der Waals surface area contributed by atoms with Crippen molar-refractivity contribution < 1.29 is 71.8 Å². The molecular weight excluding hydrogens is 644 g/mol. The van der Waals surface area contributed by atoms with Crippen molar-refractivity contribution in [3.63, 3.8) is 0 Å². The van der Waals surface area contributed by atoms with E-state index in [9.17, 15) is 67.1 Å². The largest absolute Gasteiger partial charge is 0.418 e. The van der Waals surface area contributed by atoms with E-state index in [0.717, 1.165) is 0 Å². The fourth-order valence-electron chi connectivity index (χ4n) is 5.01. The third kappa shape index (κ3) is 5.36. The van der Waals surface area contributed by atoms with Crippen LogP contribution in [0, 0.1) is 0 Å². The van der Waals surface area contributed by atoms with Crippen LogP contribution in [0.5, 0.6) is 0 Å². The molecule has 0 unspecified atom stereocenters. The minimum atomic E-state index is -5.80. The van der Waals surface area contributed by atoms with Gasteiger partial charge in [-0.25, -0.2) is 4.90 Å². The van der Waals surface area contributed by atoms with Gasteiger partial charge in [0.05, 0.1) is 51.2 Å². The van der Waals surface area contributed by atoms with Crippen LogP contribution in [-0.2, 0) is 36.0 Å². The second-order valence-electron chi connectivity index (χ2n) is 9.59. The zero-order valence-corrected chi connectivity index (χ0v) is 21.6. The molecule has 0 fully saturated rings. The Bertz CT molecular complexity index is 1720. The summed E-state index contributed by atoms with van der Waals surface area (Å²) in [4.78, 5) is 40.3. The van der Waals surface area contributed by atoms with E-state index in [-0.39, 0.29) is 4.90 Å². The number of ether oxygens (including phenoxy) is 1. The van der Waals surface area contributed by atoms with Gasteiger partial charge in [0.1, 0.15) is 6.73 Å². The monoisotopic (exact) mass is 656 g/mol. The van der Waals surface area contributed by atoms with Gasteiger partial charge >= 0.3 is 24.7 Å². The molecule has 0 aliphatic carbocycles. The summed E-state index contributed by atoms with van der Waals surface area (Å²) in [7, 11) is 0. The number of benzene rings is 3. The fraction of sp³-hybridized carbons (Fsp3) is 0.222. The summed E-state index contributed by atoms with van der Waals surface area (Å²) in [6.45, 7) is -2.41. The first kappa shape index (κ1) is 31.8. The molecule has 2 aliphatic rings. The second kappa shape index (κ2) is 10.2. The van der Waals surface area contributed by atoms with Crippen LogP contribution in [0.1, 0.15) is 58.9 Å². The fourth-order valence-corrected chi connectivity index (χ4v) is 5.01. The molecule has 5 rings (SSSR count). The molecule has 0 radical (unpaired) electrons. The standard InChI is InChI=1S/C27H12F12N2O4/c28-24(29,30)11-1-5-13(6-2-11)40-10-45-9-15-16(21(40)42)20(27(37,38)39)18-17(19(15)26(34,35)36)22(43)41(23(18)44)14-7-3-12(4-8-14)25(31,32)33/h1-8H,9-10H2. The highest BCUT2D eigenvalue weighted by Gasteiger charge is 2.55. The Kier molecular flexibility index (Phi) is 7.22. The Morgan fingerprint density at radius 1 is 0.511 bits per heavy atom. The number of carbonyl (C=O) groups is 3. The smallest absolute Gasteiger partial charge is 0.356 e. The Morgan fingerprint density at radius 3 is 1.36 bits per heavy atom. The van der Waals surface area contributed by atoms with Gasteiger partial charge in [-0.3, -0.25) is 19.3 Å². The molecule has 3 aromatic carbocycles. The zero-order valence-electron chi connectivity index (χ0n) is 21.6. The van der Waals surface area contributed by atoms with Gasteiger partial charge < -0.3 is 4.74 Å². The van der Waals surface area contributed by atoms with Crippen molar-refractivity contribution in [1.29, 1.82) is 0 Å². The van der Waals surface area contributed by atoms with Gasteiger partial charge in [-0.2, -0.15) is 52.7 Å². The maximum absolute atomic E-state index is 14.7. The number of alkyl halides is 12. The first-order chi connectivity index (χ1) is 20.6. The molecule has 0 saturated heterocycles. The first-order valence-electron chi connectivity index (χ1n) is 12.1. The van der Waals surface area contributed by atoms with Crippen molar-refractivity contribution in [2.75, 3.05) is 16.5 Å². The van der Waals surface area contributed by atoms with Gasteiger partial charge in [-0.15, -0.1) is 0 Å². The van der Waals surface area contributed by atoms with E-state index in [1.165, 1.54) is 0 Å². The molecule has 0 saturated carbocycles. The number of hydrogen-bond acceptors (Lipinski definition) is 4. The van der Waals surface area contributed by atoms with E-state index in [1.807, 2.05) is 0 Å². The van der Waals surface area contributed by atoms with E-state index in [1.54, 1.807) is 0 Å². The van der Waals surface area contributed by atoms with Crippen molar-refractivity contribution in [1.82, 2.24) is 0 Å². The molecular formula is C27H12F12N2O4. The Morgan fingerprint density at radius 2 is 0.933 bits per heavy atom. The predicted octanol–water partition coefficient (Wildman–Crippen LogP) is 7.70. The number of carbonyl (C=O) groups excluding carboxylic acids is 3. The molecule has 3 amide bonds. The number of amides is 3. The lowest BCUT2D eigenvalue weighted by molar-refractivity contribution is -0.142. The number of halogens is 12. The van der Waals surface area contributed by atoms with E-state index in [4.69, 9.17) is 4.74 Å². The van der Waals surface area contributed by atoms with Crippen LogP contribution in [0.25, 0.3) is 0 Å². The van der Waals surface area contributed by atoms with E-state index < -0.39 is 112 Å². The minimum absolute atomic E-state index is 0.187. The molecule has 0 spiro atoms. The molecule has 0 N–H and O–H groups in total. The maximum Gasteiger partial charge on any atom is 0.418 e. The summed E-state index contributed by atoms with van der Waals surface area (Å²) in [5.74, 6) is -5.84. The van der Waals surface area contributed by atoms with Gasteiger partial charge in [-0.1, -0.05) is 0 Å². The van der Waals surface area contributed by atoms with E-state index in [0.29, 0.717) is 53.4 Å². The van der Waals surface area contributed by atoms with Crippen LogP contribution in [0.3, 0.4) is 0 Å². The highest BCUT2D eigenvalue weighted by molar-refractivity contribution is 6.36. The predicted molar refractivity (Wildman–Crippen MR) is 127 cm³/mol. The average molecular weight is 656 g/mol. The van der Waals surface area contributed by atoms with Crippen molar-refractivity contribution in [2.45, 2.75) is 31.3 Å². The highest BCUT2D eigenvalue weighted by atomic mass is 19.4. The minimum Gasteiger partial charge on any atom is -0.356 e. The average Bonchev–Trinajstić information content (AvgIpc) is 3.05. The quantitative estimate of drug-likeness (QED) is 0.210.